The van der Waals surface area contributed by atoms with E-state index in [9.17, 15) is 14.7 Å². The fraction of sp³-hybridized carbons (Fsp3) is 0.125. The number of aromatic nitrogens is 1. The van der Waals surface area contributed by atoms with Gasteiger partial charge in [-0.25, -0.2) is 0 Å². The van der Waals surface area contributed by atoms with Crippen LogP contribution in [0.15, 0.2) is 71.0 Å². The summed E-state index contributed by atoms with van der Waals surface area (Å²) < 4.78 is 0.869. The van der Waals surface area contributed by atoms with Gasteiger partial charge in [0.05, 0.1) is 21.7 Å². The Morgan fingerprint density at radius 2 is 1.78 bits per heavy atom. The van der Waals surface area contributed by atoms with Crippen molar-refractivity contribution in [3.05, 3.63) is 103 Å². The molecular weight excluding hydrogens is 515 g/mol. The summed E-state index contributed by atoms with van der Waals surface area (Å²) in [5.74, 6) is -1.70. The van der Waals surface area contributed by atoms with Crippen LogP contribution in [0.5, 0.6) is 0 Å². The smallest absolute Gasteiger partial charge is 0.295 e. The van der Waals surface area contributed by atoms with Crippen molar-refractivity contribution in [2.24, 2.45) is 0 Å². The minimum absolute atomic E-state index is 0.00386. The average Bonchev–Trinajstić information content (AvgIpc) is 3.02. The number of rotatable bonds is 4. The van der Waals surface area contributed by atoms with E-state index in [1.807, 2.05) is 6.92 Å². The molecule has 32 heavy (non-hydrogen) atoms. The second-order valence-corrected chi connectivity index (χ2v) is 9.09. The molecule has 0 bridgehead atoms. The number of likely N-dealkylation sites (tertiary alicyclic amines) is 1. The summed E-state index contributed by atoms with van der Waals surface area (Å²) in [5.41, 5.74) is 2.70. The van der Waals surface area contributed by atoms with Crippen LogP contribution in [0.1, 0.15) is 28.3 Å². The zero-order valence-electron chi connectivity index (χ0n) is 16.8. The van der Waals surface area contributed by atoms with Crippen LogP contribution in [0, 0.1) is 6.92 Å². The Morgan fingerprint density at radius 3 is 2.44 bits per heavy atom. The molecule has 1 unspecified atom stereocenters. The maximum absolute atomic E-state index is 13.1. The molecule has 1 amide bonds. The first-order valence-electron chi connectivity index (χ1n) is 9.66. The molecule has 1 fully saturated rings. The highest BCUT2D eigenvalue weighted by Gasteiger charge is 2.46. The molecule has 1 N–H and O–H groups in total. The zero-order chi connectivity index (χ0) is 23.0. The van der Waals surface area contributed by atoms with Gasteiger partial charge in [0.25, 0.3) is 11.7 Å². The lowest BCUT2D eigenvalue weighted by Crippen LogP contribution is -2.29. The minimum atomic E-state index is -0.832. The van der Waals surface area contributed by atoms with E-state index >= 15 is 0 Å². The lowest BCUT2D eigenvalue weighted by molar-refractivity contribution is -0.140. The summed E-state index contributed by atoms with van der Waals surface area (Å²) in [7, 11) is 0. The first kappa shape index (κ1) is 22.5. The maximum Gasteiger partial charge on any atom is 0.295 e. The van der Waals surface area contributed by atoms with Crippen LogP contribution in [-0.4, -0.2) is 26.7 Å². The summed E-state index contributed by atoms with van der Waals surface area (Å²) in [4.78, 5) is 31.6. The Balaban J connectivity index is 1.90. The number of benzene rings is 2. The number of carbonyl (C=O) groups excluding carboxylic acids is 2. The van der Waals surface area contributed by atoms with Crippen molar-refractivity contribution in [2.75, 3.05) is 0 Å². The van der Waals surface area contributed by atoms with Crippen molar-refractivity contribution in [2.45, 2.75) is 19.5 Å². The molecule has 1 aliphatic rings. The van der Waals surface area contributed by atoms with Crippen LogP contribution >= 0.6 is 39.1 Å². The first-order valence-corrected chi connectivity index (χ1v) is 11.2. The Labute approximate surface area is 203 Å². The number of hydrogen-bond acceptors (Lipinski definition) is 4. The molecule has 5 nitrogen and oxygen atoms in total. The molecule has 0 saturated carbocycles. The fourth-order valence-electron chi connectivity index (χ4n) is 3.70. The molecule has 1 saturated heterocycles. The van der Waals surface area contributed by atoms with E-state index in [-0.39, 0.29) is 22.9 Å². The van der Waals surface area contributed by atoms with Crippen molar-refractivity contribution in [3.63, 3.8) is 0 Å². The SMILES string of the molecule is Cc1cc(/C(O)=C2/C(=O)C(=O)N(Cc3ccncc3)C2c2ccc(Cl)c(Cl)c2)ccc1Br. The molecule has 3 aromatic rings. The number of carbonyl (C=O) groups is 2. The van der Waals surface area contributed by atoms with Crippen molar-refractivity contribution in [1.29, 1.82) is 0 Å². The Hall–Kier alpha value is -2.67. The lowest BCUT2D eigenvalue weighted by Gasteiger charge is -2.25. The van der Waals surface area contributed by atoms with Crippen LogP contribution in [0.2, 0.25) is 10.0 Å². The number of hydrogen-bond donors (Lipinski definition) is 1. The largest absolute Gasteiger partial charge is 0.507 e. The Kier molecular flexibility index (Phi) is 6.38. The van der Waals surface area contributed by atoms with Crippen LogP contribution in [0.3, 0.4) is 0 Å². The molecule has 1 aromatic heterocycles. The number of aryl methyl sites for hydroxylation is 1. The highest BCUT2D eigenvalue weighted by atomic mass is 79.9. The summed E-state index contributed by atoms with van der Waals surface area (Å²) >= 11 is 15.8. The summed E-state index contributed by atoms with van der Waals surface area (Å²) in [6.45, 7) is 2.04. The topological polar surface area (TPSA) is 70.5 Å². The highest BCUT2D eigenvalue weighted by Crippen LogP contribution is 2.42. The molecule has 162 valence electrons. The number of halogens is 3. The predicted molar refractivity (Wildman–Crippen MR) is 127 cm³/mol. The molecule has 4 rings (SSSR count). The number of aliphatic hydroxyl groups excluding tert-OH is 1. The number of Topliss-reactive ketones (excluding diaryl/α,β-unsaturated/α-hetero) is 1. The second-order valence-electron chi connectivity index (χ2n) is 7.42. The number of aliphatic hydroxyl groups is 1. The fourth-order valence-corrected chi connectivity index (χ4v) is 4.26. The molecular formula is C24H17BrCl2N2O3. The van der Waals surface area contributed by atoms with Gasteiger partial charge in [-0.05, 0) is 60.0 Å². The van der Waals surface area contributed by atoms with Gasteiger partial charge in [0, 0.05) is 29.0 Å². The molecule has 8 heteroatoms. The van der Waals surface area contributed by atoms with E-state index < -0.39 is 17.7 Å². The van der Waals surface area contributed by atoms with Crippen LogP contribution in [0.4, 0.5) is 0 Å². The van der Waals surface area contributed by atoms with Crippen molar-refractivity contribution in [3.8, 4) is 0 Å². The van der Waals surface area contributed by atoms with Gasteiger partial charge >= 0.3 is 0 Å². The average molecular weight is 532 g/mol. The number of ketones is 1. The molecule has 2 heterocycles. The van der Waals surface area contributed by atoms with Gasteiger partial charge in [-0.2, -0.15) is 0 Å². The molecule has 0 aliphatic carbocycles. The third-order valence-corrected chi connectivity index (χ3v) is 6.96. The molecule has 0 spiro atoms. The van der Waals surface area contributed by atoms with Crippen molar-refractivity contribution >= 4 is 56.6 Å². The van der Waals surface area contributed by atoms with Gasteiger partial charge in [0.2, 0.25) is 0 Å². The second kappa shape index (κ2) is 9.06. The highest BCUT2D eigenvalue weighted by molar-refractivity contribution is 9.10. The predicted octanol–water partition coefficient (Wildman–Crippen LogP) is 6.08. The quantitative estimate of drug-likeness (QED) is 0.251. The first-order chi connectivity index (χ1) is 15.3. The monoisotopic (exact) mass is 530 g/mol. The zero-order valence-corrected chi connectivity index (χ0v) is 19.9. The number of pyridine rings is 1. The summed E-state index contributed by atoms with van der Waals surface area (Å²) in [6, 6.07) is 12.8. The van der Waals surface area contributed by atoms with E-state index in [4.69, 9.17) is 23.2 Å². The lowest BCUT2D eigenvalue weighted by atomic mass is 9.94. The van der Waals surface area contributed by atoms with Crippen molar-refractivity contribution < 1.29 is 14.7 Å². The Bertz CT molecular complexity index is 1260. The minimum Gasteiger partial charge on any atom is -0.507 e. The van der Waals surface area contributed by atoms with Gasteiger partial charge in [-0.3, -0.25) is 14.6 Å². The van der Waals surface area contributed by atoms with Crippen LogP contribution < -0.4 is 0 Å². The maximum atomic E-state index is 13.1. The van der Waals surface area contributed by atoms with Crippen LogP contribution in [-0.2, 0) is 16.1 Å². The van der Waals surface area contributed by atoms with Gasteiger partial charge in [0.1, 0.15) is 5.76 Å². The summed E-state index contributed by atoms with van der Waals surface area (Å²) in [6.07, 6.45) is 3.23. The molecule has 1 aliphatic heterocycles. The molecule has 0 radical (unpaired) electrons. The molecule has 1 atom stereocenters. The van der Waals surface area contributed by atoms with E-state index in [0.29, 0.717) is 16.1 Å². The number of amides is 1. The Morgan fingerprint density at radius 1 is 1.06 bits per heavy atom. The standard InChI is InChI=1S/C24H17BrCl2N2O3/c1-13-10-16(2-4-17(13)25)22(30)20-21(15-3-5-18(26)19(27)11-15)29(24(32)23(20)31)12-14-6-8-28-9-7-14/h2-11,21,30H,12H2,1H3/b22-20-. The van der Waals surface area contributed by atoms with Gasteiger partial charge < -0.3 is 10.0 Å². The third kappa shape index (κ3) is 4.18. The van der Waals surface area contributed by atoms with Crippen LogP contribution in [0.25, 0.3) is 5.76 Å². The van der Waals surface area contributed by atoms with E-state index in [1.165, 1.54) is 4.90 Å². The van der Waals surface area contributed by atoms with Gasteiger partial charge in [-0.1, -0.05) is 51.3 Å². The summed E-state index contributed by atoms with van der Waals surface area (Å²) in [5, 5.41) is 11.8. The van der Waals surface area contributed by atoms with Gasteiger partial charge in [0.15, 0.2) is 0 Å². The van der Waals surface area contributed by atoms with Crippen molar-refractivity contribution in [1.82, 2.24) is 9.88 Å². The van der Waals surface area contributed by atoms with E-state index in [2.05, 4.69) is 20.9 Å². The van der Waals surface area contributed by atoms with Gasteiger partial charge in [-0.15, -0.1) is 0 Å². The number of nitrogens with zero attached hydrogens (tertiary/aromatic N) is 2. The third-order valence-electron chi connectivity index (χ3n) is 5.33. The normalized spacial score (nSPS) is 17.8. The van der Waals surface area contributed by atoms with E-state index in [1.54, 1.807) is 60.9 Å². The molecule has 2 aromatic carbocycles. The van der Waals surface area contributed by atoms with E-state index in [0.717, 1.165) is 15.6 Å².